The molecule has 0 saturated carbocycles. The number of ether oxygens (including phenoxy) is 1. The highest BCUT2D eigenvalue weighted by atomic mass is 16.6. The van der Waals surface area contributed by atoms with Crippen LogP contribution in [0.3, 0.4) is 0 Å². The SMILES string of the molecule is Cc1cc(C)cc(C(=O)N2CCCC(C(=O)Nc3ccccc3N3CCOC3=O)C2)c1. The number of likely N-dealkylation sites (tertiary alicyclic amines) is 1. The predicted molar refractivity (Wildman–Crippen MR) is 118 cm³/mol. The summed E-state index contributed by atoms with van der Waals surface area (Å²) in [5.74, 6) is -0.482. The van der Waals surface area contributed by atoms with E-state index in [0.717, 1.165) is 24.0 Å². The quantitative estimate of drug-likeness (QED) is 0.816. The third-order valence-electron chi connectivity index (χ3n) is 5.76. The molecule has 31 heavy (non-hydrogen) atoms. The van der Waals surface area contributed by atoms with Crippen LogP contribution in [-0.4, -0.2) is 49.0 Å². The van der Waals surface area contributed by atoms with Crippen LogP contribution in [0.4, 0.5) is 16.2 Å². The van der Waals surface area contributed by atoms with Gasteiger partial charge in [-0.05, 0) is 51.0 Å². The van der Waals surface area contributed by atoms with Gasteiger partial charge < -0.3 is 15.0 Å². The van der Waals surface area contributed by atoms with E-state index in [-0.39, 0.29) is 17.7 Å². The van der Waals surface area contributed by atoms with Crippen molar-refractivity contribution in [1.82, 2.24) is 4.90 Å². The van der Waals surface area contributed by atoms with E-state index in [0.29, 0.717) is 43.2 Å². The van der Waals surface area contributed by atoms with Crippen molar-refractivity contribution in [2.45, 2.75) is 26.7 Å². The van der Waals surface area contributed by atoms with Gasteiger partial charge in [0.05, 0.1) is 23.8 Å². The van der Waals surface area contributed by atoms with Gasteiger partial charge in [0.25, 0.3) is 5.91 Å². The second-order valence-electron chi connectivity index (χ2n) is 8.24. The first kappa shape index (κ1) is 20.9. The van der Waals surface area contributed by atoms with Gasteiger partial charge in [-0.25, -0.2) is 4.79 Å². The summed E-state index contributed by atoms with van der Waals surface area (Å²) in [6.07, 6.45) is 1.08. The second kappa shape index (κ2) is 8.79. The van der Waals surface area contributed by atoms with E-state index in [2.05, 4.69) is 5.32 Å². The molecule has 0 radical (unpaired) electrons. The number of para-hydroxylation sites is 2. The van der Waals surface area contributed by atoms with Gasteiger partial charge in [-0.2, -0.15) is 0 Å². The zero-order valence-corrected chi connectivity index (χ0v) is 17.9. The molecule has 2 aromatic carbocycles. The topological polar surface area (TPSA) is 79.0 Å². The van der Waals surface area contributed by atoms with Crippen LogP contribution in [0.25, 0.3) is 0 Å². The minimum Gasteiger partial charge on any atom is -0.447 e. The number of nitrogens with one attached hydrogen (secondary N) is 1. The molecule has 2 saturated heterocycles. The van der Waals surface area contributed by atoms with Gasteiger partial charge in [-0.1, -0.05) is 29.3 Å². The lowest BCUT2D eigenvalue weighted by molar-refractivity contribution is -0.121. The Bertz CT molecular complexity index is 999. The molecule has 0 spiro atoms. The van der Waals surface area contributed by atoms with Gasteiger partial charge in [0.15, 0.2) is 0 Å². The third kappa shape index (κ3) is 4.55. The summed E-state index contributed by atoms with van der Waals surface area (Å²) in [4.78, 5) is 41.3. The Hall–Kier alpha value is -3.35. The van der Waals surface area contributed by atoms with Crippen molar-refractivity contribution in [3.05, 3.63) is 59.2 Å². The number of piperidine rings is 1. The van der Waals surface area contributed by atoms with E-state index in [1.807, 2.05) is 44.2 Å². The third-order valence-corrected chi connectivity index (χ3v) is 5.76. The highest BCUT2D eigenvalue weighted by molar-refractivity contribution is 6.01. The maximum atomic E-state index is 13.0. The van der Waals surface area contributed by atoms with Gasteiger partial charge in [-0.3, -0.25) is 14.5 Å². The second-order valence-corrected chi connectivity index (χ2v) is 8.24. The smallest absolute Gasteiger partial charge is 0.414 e. The Morgan fingerprint density at radius 1 is 1.06 bits per heavy atom. The Balaban J connectivity index is 1.46. The molecular formula is C24H27N3O4. The summed E-state index contributed by atoms with van der Waals surface area (Å²) in [6, 6.07) is 13.0. The van der Waals surface area contributed by atoms with Crippen LogP contribution in [0.2, 0.25) is 0 Å². The standard InChI is InChI=1S/C24H27N3O4/c1-16-12-17(2)14-19(13-16)23(29)26-9-5-6-18(15-26)22(28)25-20-7-3-4-8-21(20)27-10-11-31-24(27)30/h3-4,7-8,12-14,18H,5-6,9-11,15H2,1-2H3,(H,25,28). The lowest BCUT2D eigenvalue weighted by Gasteiger charge is -2.32. The number of amides is 3. The lowest BCUT2D eigenvalue weighted by atomic mass is 9.96. The molecule has 3 amide bonds. The van der Waals surface area contributed by atoms with Crippen molar-refractivity contribution in [2.24, 2.45) is 5.92 Å². The molecule has 4 rings (SSSR count). The normalized spacial score (nSPS) is 18.6. The fourth-order valence-electron chi connectivity index (χ4n) is 4.32. The van der Waals surface area contributed by atoms with Crippen LogP contribution in [0.1, 0.15) is 34.3 Å². The molecule has 2 fully saturated rings. The van der Waals surface area contributed by atoms with Crippen molar-refractivity contribution >= 4 is 29.3 Å². The number of hydrogen-bond acceptors (Lipinski definition) is 4. The maximum absolute atomic E-state index is 13.0. The first-order valence-corrected chi connectivity index (χ1v) is 10.6. The molecule has 2 aliphatic rings. The Kier molecular flexibility index (Phi) is 5.93. The van der Waals surface area contributed by atoms with Crippen molar-refractivity contribution in [1.29, 1.82) is 0 Å². The molecule has 1 atom stereocenters. The van der Waals surface area contributed by atoms with E-state index >= 15 is 0 Å². The zero-order chi connectivity index (χ0) is 22.0. The first-order valence-electron chi connectivity index (χ1n) is 10.6. The van der Waals surface area contributed by atoms with Crippen molar-refractivity contribution in [2.75, 3.05) is 36.5 Å². The van der Waals surface area contributed by atoms with Crippen LogP contribution >= 0.6 is 0 Å². The minimum absolute atomic E-state index is 0.0375. The Morgan fingerprint density at radius 3 is 2.52 bits per heavy atom. The summed E-state index contributed by atoms with van der Waals surface area (Å²) in [6.45, 7) is 5.76. The number of carbonyl (C=O) groups excluding carboxylic acids is 3. The number of hydrogen-bond donors (Lipinski definition) is 1. The fourth-order valence-corrected chi connectivity index (χ4v) is 4.32. The number of anilines is 2. The van der Waals surface area contributed by atoms with Gasteiger partial charge in [0, 0.05) is 18.7 Å². The van der Waals surface area contributed by atoms with Crippen LogP contribution in [0.5, 0.6) is 0 Å². The fraction of sp³-hybridized carbons (Fsp3) is 0.375. The van der Waals surface area contributed by atoms with Crippen molar-refractivity contribution < 1.29 is 19.1 Å². The number of cyclic esters (lactones) is 1. The zero-order valence-electron chi connectivity index (χ0n) is 17.9. The van der Waals surface area contributed by atoms with Crippen LogP contribution in [-0.2, 0) is 9.53 Å². The van der Waals surface area contributed by atoms with Crippen LogP contribution in [0, 0.1) is 19.8 Å². The summed E-state index contributed by atoms with van der Waals surface area (Å²) >= 11 is 0. The maximum Gasteiger partial charge on any atom is 0.414 e. The average molecular weight is 421 g/mol. The molecule has 2 aliphatic heterocycles. The van der Waals surface area contributed by atoms with Gasteiger partial charge in [0.1, 0.15) is 6.61 Å². The predicted octanol–water partition coefficient (Wildman–Crippen LogP) is 3.75. The van der Waals surface area contributed by atoms with Crippen molar-refractivity contribution in [3.8, 4) is 0 Å². The van der Waals surface area contributed by atoms with Gasteiger partial charge in [-0.15, -0.1) is 0 Å². The number of benzene rings is 2. The molecule has 0 aromatic heterocycles. The van der Waals surface area contributed by atoms with Crippen LogP contribution < -0.4 is 10.2 Å². The summed E-state index contributed by atoms with van der Waals surface area (Å²) in [7, 11) is 0. The molecule has 2 heterocycles. The minimum atomic E-state index is -0.412. The number of rotatable bonds is 4. The summed E-state index contributed by atoms with van der Waals surface area (Å²) in [5.41, 5.74) is 3.95. The molecule has 0 bridgehead atoms. The van der Waals surface area contributed by atoms with Crippen molar-refractivity contribution in [3.63, 3.8) is 0 Å². The summed E-state index contributed by atoms with van der Waals surface area (Å²) in [5, 5.41) is 2.97. The molecule has 7 heteroatoms. The van der Waals surface area contributed by atoms with E-state index in [1.165, 1.54) is 4.90 Å². The highest BCUT2D eigenvalue weighted by Gasteiger charge is 2.31. The molecule has 1 unspecified atom stereocenters. The van der Waals surface area contributed by atoms with Gasteiger partial charge >= 0.3 is 6.09 Å². The first-order chi connectivity index (χ1) is 14.9. The van der Waals surface area contributed by atoms with Gasteiger partial charge in [0.2, 0.25) is 5.91 Å². The molecule has 0 aliphatic carbocycles. The largest absolute Gasteiger partial charge is 0.447 e. The molecule has 1 N–H and O–H groups in total. The monoisotopic (exact) mass is 421 g/mol. The van der Waals surface area contributed by atoms with E-state index in [1.54, 1.807) is 17.0 Å². The summed E-state index contributed by atoms with van der Waals surface area (Å²) < 4.78 is 5.03. The molecule has 2 aromatic rings. The molecule has 7 nitrogen and oxygen atoms in total. The van der Waals surface area contributed by atoms with E-state index in [4.69, 9.17) is 4.74 Å². The molecule has 162 valence electrons. The van der Waals surface area contributed by atoms with E-state index in [9.17, 15) is 14.4 Å². The van der Waals surface area contributed by atoms with E-state index < -0.39 is 6.09 Å². The Morgan fingerprint density at radius 2 is 1.81 bits per heavy atom. The number of carbonyl (C=O) groups is 3. The highest BCUT2D eigenvalue weighted by Crippen LogP contribution is 2.29. The van der Waals surface area contributed by atoms with Crippen LogP contribution in [0.15, 0.2) is 42.5 Å². The number of aryl methyl sites for hydroxylation is 2. The number of nitrogens with zero attached hydrogens (tertiary/aromatic N) is 2. The Labute approximate surface area is 182 Å². The average Bonchev–Trinajstić information content (AvgIpc) is 3.18. The molecular weight excluding hydrogens is 394 g/mol. The lowest BCUT2D eigenvalue weighted by Crippen LogP contribution is -2.44.